The molecule has 0 amide bonds. The number of nitriles is 1. The van der Waals surface area contributed by atoms with Crippen LogP contribution in [0.4, 0.5) is 0 Å². The van der Waals surface area contributed by atoms with Crippen molar-refractivity contribution in [3.8, 4) is 17.2 Å². The van der Waals surface area contributed by atoms with Crippen molar-refractivity contribution in [1.29, 1.82) is 5.26 Å². The minimum atomic E-state index is 0.426. The number of hydrogen-bond acceptors (Lipinski definition) is 5. The summed E-state index contributed by atoms with van der Waals surface area (Å²) in [6.07, 6.45) is 13.9. The van der Waals surface area contributed by atoms with Gasteiger partial charge in [-0.05, 0) is 38.3 Å². The zero-order valence-corrected chi connectivity index (χ0v) is 16.0. The smallest absolute Gasteiger partial charge is 0.103 e. The van der Waals surface area contributed by atoms with Crippen LogP contribution in [-0.4, -0.2) is 37.7 Å². The van der Waals surface area contributed by atoms with E-state index in [4.69, 9.17) is 0 Å². The van der Waals surface area contributed by atoms with Gasteiger partial charge in [-0.25, -0.2) is 4.52 Å². The van der Waals surface area contributed by atoms with Gasteiger partial charge in [0.05, 0.1) is 29.5 Å². The molecule has 0 spiro atoms. The van der Waals surface area contributed by atoms with Crippen molar-refractivity contribution in [3.63, 3.8) is 0 Å². The summed E-state index contributed by atoms with van der Waals surface area (Å²) in [4.78, 5) is 1.15. The highest BCUT2D eigenvalue weighted by Gasteiger charge is 2.22. The summed E-state index contributed by atoms with van der Waals surface area (Å²) in [5.74, 6) is 0. The Morgan fingerprint density at radius 1 is 1.11 bits per heavy atom. The second kappa shape index (κ2) is 7.02. The molecular formula is C20H22N6S. The molecule has 4 heterocycles. The fourth-order valence-electron chi connectivity index (χ4n) is 3.83. The Hall–Kier alpha value is -2.30. The topological polar surface area (TPSA) is 70.9 Å². The third kappa shape index (κ3) is 3.13. The molecule has 27 heavy (non-hydrogen) atoms. The highest BCUT2D eigenvalue weighted by Crippen LogP contribution is 2.40. The van der Waals surface area contributed by atoms with Crippen LogP contribution < -0.4 is 5.32 Å². The molecule has 7 heteroatoms. The van der Waals surface area contributed by atoms with E-state index in [1.807, 2.05) is 28.7 Å². The first-order chi connectivity index (χ1) is 13.3. The monoisotopic (exact) mass is 378 g/mol. The standard InChI is InChI=1S/C20H22N6S/c21-8-15-9-24-26-12-14(7-19(20(15)26)27-18-4-1-5-18)16-10-23-25(13-16)17-3-2-6-22-11-17/h7,9-10,12-13,17-18,22H,1-6,11H2/t17-/m0/s1. The molecule has 1 atom stereocenters. The molecule has 3 aromatic heterocycles. The van der Waals surface area contributed by atoms with Gasteiger partial charge >= 0.3 is 0 Å². The predicted molar refractivity (Wildman–Crippen MR) is 106 cm³/mol. The lowest BCUT2D eigenvalue weighted by Crippen LogP contribution is -2.31. The number of fused-ring (bicyclic) bond motifs is 1. The van der Waals surface area contributed by atoms with E-state index < -0.39 is 0 Å². The highest BCUT2D eigenvalue weighted by molar-refractivity contribution is 8.00. The Morgan fingerprint density at radius 2 is 2.04 bits per heavy atom. The highest BCUT2D eigenvalue weighted by atomic mass is 32.2. The van der Waals surface area contributed by atoms with Gasteiger partial charge in [-0.3, -0.25) is 4.68 Å². The Balaban J connectivity index is 1.53. The van der Waals surface area contributed by atoms with Crippen LogP contribution in [-0.2, 0) is 0 Å². The first-order valence-electron chi connectivity index (χ1n) is 9.65. The molecule has 138 valence electrons. The predicted octanol–water partition coefficient (Wildman–Crippen LogP) is 3.64. The number of piperidine rings is 1. The van der Waals surface area contributed by atoms with Gasteiger partial charge < -0.3 is 5.32 Å². The quantitative estimate of drug-likeness (QED) is 0.750. The van der Waals surface area contributed by atoms with Crippen LogP contribution in [0.3, 0.4) is 0 Å². The molecule has 1 saturated heterocycles. The summed E-state index contributed by atoms with van der Waals surface area (Å²) in [6, 6.07) is 4.92. The summed E-state index contributed by atoms with van der Waals surface area (Å²) in [5, 5.41) is 22.6. The largest absolute Gasteiger partial charge is 0.315 e. The van der Waals surface area contributed by atoms with Gasteiger partial charge in [0.25, 0.3) is 0 Å². The van der Waals surface area contributed by atoms with Crippen molar-refractivity contribution in [1.82, 2.24) is 24.7 Å². The second-order valence-corrected chi connectivity index (χ2v) is 8.78. The Morgan fingerprint density at radius 3 is 2.78 bits per heavy atom. The summed E-state index contributed by atoms with van der Waals surface area (Å²) in [7, 11) is 0. The minimum absolute atomic E-state index is 0.426. The Bertz CT molecular complexity index is 1000. The molecule has 5 rings (SSSR count). The molecule has 0 radical (unpaired) electrons. The molecule has 0 bridgehead atoms. The molecule has 1 N–H and O–H groups in total. The van der Waals surface area contributed by atoms with Crippen LogP contribution in [0.25, 0.3) is 16.6 Å². The van der Waals surface area contributed by atoms with Crippen LogP contribution in [0.1, 0.15) is 43.7 Å². The summed E-state index contributed by atoms with van der Waals surface area (Å²) < 4.78 is 3.95. The fraction of sp³-hybridized carbons (Fsp3) is 0.450. The molecule has 6 nitrogen and oxygen atoms in total. The van der Waals surface area contributed by atoms with Gasteiger partial charge in [0.2, 0.25) is 0 Å². The lowest BCUT2D eigenvalue weighted by molar-refractivity contribution is 0.347. The number of pyridine rings is 1. The Labute approximate surface area is 162 Å². The molecule has 1 aliphatic carbocycles. The van der Waals surface area contributed by atoms with Crippen LogP contribution in [0, 0.1) is 11.3 Å². The fourth-order valence-corrected chi connectivity index (χ4v) is 5.27. The van der Waals surface area contributed by atoms with E-state index in [0.29, 0.717) is 16.9 Å². The van der Waals surface area contributed by atoms with Gasteiger partial charge in [0.1, 0.15) is 6.07 Å². The van der Waals surface area contributed by atoms with E-state index in [2.05, 4.69) is 38.5 Å². The van der Waals surface area contributed by atoms with Gasteiger partial charge in [0, 0.05) is 40.2 Å². The van der Waals surface area contributed by atoms with E-state index in [0.717, 1.165) is 34.6 Å². The Kier molecular flexibility index (Phi) is 4.38. The number of aromatic nitrogens is 4. The van der Waals surface area contributed by atoms with Crippen molar-refractivity contribution in [3.05, 3.63) is 36.4 Å². The third-order valence-corrected chi connectivity index (χ3v) is 6.99. The average molecular weight is 379 g/mol. The molecule has 1 saturated carbocycles. The van der Waals surface area contributed by atoms with Crippen molar-refractivity contribution in [2.24, 2.45) is 0 Å². The lowest BCUT2D eigenvalue weighted by atomic mass is 10.00. The molecule has 2 fully saturated rings. The van der Waals surface area contributed by atoms with Crippen LogP contribution >= 0.6 is 11.8 Å². The molecule has 0 unspecified atom stereocenters. The first-order valence-corrected chi connectivity index (χ1v) is 10.5. The van der Waals surface area contributed by atoms with Crippen molar-refractivity contribution < 1.29 is 0 Å². The van der Waals surface area contributed by atoms with Crippen LogP contribution in [0.5, 0.6) is 0 Å². The van der Waals surface area contributed by atoms with Crippen LogP contribution in [0.15, 0.2) is 35.7 Å². The molecule has 0 aromatic carbocycles. The average Bonchev–Trinajstić information content (AvgIpc) is 3.32. The van der Waals surface area contributed by atoms with E-state index in [1.165, 1.54) is 32.1 Å². The second-order valence-electron chi connectivity index (χ2n) is 7.44. The van der Waals surface area contributed by atoms with E-state index in [-0.39, 0.29) is 0 Å². The number of nitrogens with zero attached hydrogens (tertiary/aromatic N) is 5. The maximum atomic E-state index is 9.46. The molecule has 2 aliphatic rings. The van der Waals surface area contributed by atoms with Gasteiger partial charge in [-0.15, -0.1) is 11.8 Å². The summed E-state index contributed by atoms with van der Waals surface area (Å²) >= 11 is 1.89. The number of thioether (sulfide) groups is 1. The van der Waals surface area contributed by atoms with Gasteiger partial charge in [0.15, 0.2) is 0 Å². The maximum absolute atomic E-state index is 9.46. The van der Waals surface area contributed by atoms with E-state index in [9.17, 15) is 5.26 Å². The van der Waals surface area contributed by atoms with E-state index in [1.54, 1.807) is 6.20 Å². The lowest BCUT2D eigenvalue weighted by Gasteiger charge is -2.25. The molecule has 1 aliphatic heterocycles. The molecule has 3 aromatic rings. The zero-order valence-electron chi connectivity index (χ0n) is 15.1. The van der Waals surface area contributed by atoms with Gasteiger partial charge in [-0.1, -0.05) is 6.42 Å². The van der Waals surface area contributed by atoms with Gasteiger partial charge in [-0.2, -0.15) is 15.5 Å². The summed E-state index contributed by atoms with van der Waals surface area (Å²) in [5.41, 5.74) is 3.79. The normalized spacial score (nSPS) is 20.5. The van der Waals surface area contributed by atoms with E-state index >= 15 is 0 Å². The number of rotatable bonds is 4. The van der Waals surface area contributed by atoms with Crippen LogP contribution in [0.2, 0.25) is 0 Å². The number of hydrogen-bond donors (Lipinski definition) is 1. The SMILES string of the molecule is N#Cc1cnn2cc(-c3cnn([C@H]4CCCNC4)c3)cc(SC3CCC3)c12. The number of nitrogens with one attached hydrogen (secondary N) is 1. The summed E-state index contributed by atoms with van der Waals surface area (Å²) in [6.45, 7) is 2.08. The first kappa shape index (κ1) is 16.8. The van der Waals surface area contributed by atoms with Crippen molar-refractivity contribution >= 4 is 17.3 Å². The molecular weight excluding hydrogens is 356 g/mol. The third-order valence-electron chi connectivity index (χ3n) is 5.62. The van der Waals surface area contributed by atoms with Crippen molar-refractivity contribution in [2.75, 3.05) is 13.1 Å². The maximum Gasteiger partial charge on any atom is 0.103 e. The zero-order chi connectivity index (χ0) is 18.2. The minimum Gasteiger partial charge on any atom is -0.315 e. The van der Waals surface area contributed by atoms with Crippen molar-refractivity contribution in [2.45, 2.75) is 48.3 Å².